The molecular formula is C25H44O4Si. The third kappa shape index (κ3) is 8.43. The van der Waals surface area contributed by atoms with E-state index in [9.17, 15) is 0 Å². The molecule has 0 spiro atoms. The molecule has 0 unspecified atom stereocenters. The Hall–Kier alpha value is -0.723. The third-order valence-electron chi connectivity index (χ3n) is 6.61. The highest BCUT2D eigenvalue weighted by Crippen LogP contribution is 2.34. The van der Waals surface area contributed by atoms with E-state index in [0.717, 1.165) is 31.9 Å². The van der Waals surface area contributed by atoms with Crippen molar-refractivity contribution >= 4 is 8.80 Å². The SMILES string of the molecule is CCCCCCCc1ccc([C@H]2CC[C@H](OCCC[Si](OC)(OC)OC)CC2)cc1. The molecule has 30 heavy (non-hydrogen) atoms. The maximum Gasteiger partial charge on any atom is 0.500 e. The predicted octanol–water partition coefficient (Wildman–Crippen LogP) is 6.51. The molecule has 1 aliphatic rings. The number of unbranched alkanes of at least 4 members (excludes halogenated alkanes) is 4. The minimum absolute atomic E-state index is 0.396. The number of hydrogen-bond donors (Lipinski definition) is 0. The molecule has 172 valence electrons. The highest BCUT2D eigenvalue weighted by Gasteiger charge is 2.37. The van der Waals surface area contributed by atoms with Gasteiger partial charge in [0, 0.05) is 34.0 Å². The van der Waals surface area contributed by atoms with Crippen LogP contribution in [0, 0.1) is 0 Å². The van der Waals surface area contributed by atoms with Gasteiger partial charge in [-0.05, 0) is 62.0 Å². The van der Waals surface area contributed by atoms with Crippen LogP contribution in [-0.4, -0.2) is 42.8 Å². The summed E-state index contributed by atoms with van der Waals surface area (Å²) >= 11 is 0. The number of rotatable bonds is 15. The molecule has 0 amide bonds. The monoisotopic (exact) mass is 436 g/mol. The molecule has 0 N–H and O–H groups in total. The molecule has 1 aromatic rings. The van der Waals surface area contributed by atoms with E-state index in [4.69, 9.17) is 18.0 Å². The second-order valence-corrected chi connectivity index (χ2v) is 11.7. The molecule has 1 fully saturated rings. The Kier molecular flexibility index (Phi) is 12.2. The molecule has 1 saturated carbocycles. The Bertz CT molecular complexity index is 543. The Morgan fingerprint density at radius 1 is 0.800 bits per heavy atom. The second kappa shape index (κ2) is 14.4. The van der Waals surface area contributed by atoms with Gasteiger partial charge in [-0.1, -0.05) is 56.9 Å². The van der Waals surface area contributed by atoms with Gasteiger partial charge in [-0.2, -0.15) is 0 Å². The third-order valence-corrected chi connectivity index (χ3v) is 9.44. The molecule has 5 heteroatoms. The van der Waals surface area contributed by atoms with Crippen LogP contribution in [-0.2, 0) is 24.4 Å². The van der Waals surface area contributed by atoms with Gasteiger partial charge < -0.3 is 18.0 Å². The van der Waals surface area contributed by atoms with Crippen molar-refractivity contribution in [1.29, 1.82) is 0 Å². The Labute approximate surface area is 186 Å². The zero-order valence-corrected chi connectivity index (χ0v) is 20.8. The van der Waals surface area contributed by atoms with Crippen LogP contribution in [0.2, 0.25) is 6.04 Å². The summed E-state index contributed by atoms with van der Waals surface area (Å²) in [5, 5.41) is 0. The molecular weight excluding hydrogens is 392 g/mol. The summed E-state index contributed by atoms with van der Waals surface area (Å²) < 4.78 is 22.6. The van der Waals surface area contributed by atoms with E-state index >= 15 is 0 Å². The smallest absolute Gasteiger partial charge is 0.378 e. The number of hydrogen-bond acceptors (Lipinski definition) is 4. The van der Waals surface area contributed by atoms with Gasteiger partial charge in [0.15, 0.2) is 0 Å². The predicted molar refractivity (Wildman–Crippen MR) is 126 cm³/mol. The highest BCUT2D eigenvalue weighted by atomic mass is 28.4. The van der Waals surface area contributed by atoms with Crippen molar-refractivity contribution in [3.05, 3.63) is 35.4 Å². The lowest BCUT2D eigenvalue weighted by atomic mass is 9.82. The average molecular weight is 437 g/mol. The van der Waals surface area contributed by atoms with Gasteiger partial charge in [0.1, 0.15) is 0 Å². The average Bonchev–Trinajstić information content (AvgIpc) is 2.80. The van der Waals surface area contributed by atoms with Crippen LogP contribution < -0.4 is 0 Å². The Morgan fingerprint density at radius 3 is 2.03 bits per heavy atom. The zero-order valence-electron chi connectivity index (χ0n) is 19.8. The largest absolute Gasteiger partial charge is 0.500 e. The summed E-state index contributed by atoms with van der Waals surface area (Å²) in [5.74, 6) is 0.694. The molecule has 0 radical (unpaired) electrons. The summed E-state index contributed by atoms with van der Waals surface area (Å²) in [6, 6.07) is 10.3. The van der Waals surface area contributed by atoms with Crippen LogP contribution in [0.1, 0.15) is 88.2 Å². The van der Waals surface area contributed by atoms with Crippen molar-refractivity contribution in [2.45, 2.75) is 95.6 Å². The van der Waals surface area contributed by atoms with Crippen LogP contribution in [0.4, 0.5) is 0 Å². The van der Waals surface area contributed by atoms with Crippen LogP contribution in [0.25, 0.3) is 0 Å². The van der Waals surface area contributed by atoms with Crippen molar-refractivity contribution in [3.8, 4) is 0 Å². The molecule has 0 bridgehead atoms. The number of benzene rings is 1. The maximum atomic E-state index is 6.14. The van der Waals surface area contributed by atoms with Crippen molar-refractivity contribution in [2.75, 3.05) is 27.9 Å². The zero-order chi connectivity index (χ0) is 21.7. The fraction of sp³-hybridized carbons (Fsp3) is 0.760. The molecule has 1 aromatic carbocycles. The van der Waals surface area contributed by atoms with Gasteiger partial charge in [0.2, 0.25) is 0 Å². The molecule has 1 aliphatic carbocycles. The van der Waals surface area contributed by atoms with E-state index in [1.54, 1.807) is 21.3 Å². The lowest BCUT2D eigenvalue weighted by Gasteiger charge is -2.29. The first-order chi connectivity index (χ1) is 14.7. The van der Waals surface area contributed by atoms with E-state index in [1.165, 1.54) is 62.5 Å². The van der Waals surface area contributed by atoms with Crippen LogP contribution in [0.15, 0.2) is 24.3 Å². The van der Waals surface area contributed by atoms with E-state index in [1.807, 2.05) is 0 Å². The van der Waals surface area contributed by atoms with Crippen molar-refractivity contribution < 1.29 is 18.0 Å². The summed E-state index contributed by atoms with van der Waals surface area (Å²) in [7, 11) is 2.55. The van der Waals surface area contributed by atoms with Gasteiger partial charge in [0.25, 0.3) is 0 Å². The van der Waals surface area contributed by atoms with Gasteiger partial charge in [0.05, 0.1) is 6.10 Å². The molecule has 0 saturated heterocycles. The first kappa shape index (κ1) is 25.5. The first-order valence-corrected chi connectivity index (χ1v) is 14.0. The Balaban J connectivity index is 1.64. The normalized spacial score (nSPS) is 19.9. The van der Waals surface area contributed by atoms with Gasteiger partial charge in [-0.25, -0.2) is 0 Å². The number of ether oxygens (including phenoxy) is 1. The Morgan fingerprint density at radius 2 is 1.43 bits per heavy atom. The van der Waals surface area contributed by atoms with Crippen LogP contribution >= 0.6 is 0 Å². The molecule has 0 aromatic heterocycles. The maximum absolute atomic E-state index is 6.14. The van der Waals surface area contributed by atoms with Crippen molar-refractivity contribution in [2.24, 2.45) is 0 Å². The number of aryl methyl sites for hydroxylation is 1. The van der Waals surface area contributed by atoms with Crippen molar-refractivity contribution in [3.63, 3.8) is 0 Å². The minimum atomic E-state index is -2.46. The molecule has 4 nitrogen and oxygen atoms in total. The summed E-state index contributed by atoms with van der Waals surface area (Å²) in [6.07, 6.45) is 14.1. The lowest BCUT2D eigenvalue weighted by Crippen LogP contribution is -2.42. The summed E-state index contributed by atoms with van der Waals surface area (Å²) in [5.41, 5.74) is 3.01. The molecule has 0 heterocycles. The second-order valence-electron chi connectivity index (χ2n) is 8.65. The lowest BCUT2D eigenvalue weighted by molar-refractivity contribution is 0.0225. The minimum Gasteiger partial charge on any atom is -0.378 e. The van der Waals surface area contributed by atoms with Gasteiger partial charge >= 0.3 is 8.80 Å². The van der Waals surface area contributed by atoms with Crippen molar-refractivity contribution in [1.82, 2.24) is 0 Å². The van der Waals surface area contributed by atoms with Gasteiger partial charge in [-0.15, -0.1) is 0 Å². The molecule has 2 rings (SSSR count). The quantitative estimate of drug-likeness (QED) is 0.232. The molecule has 0 aliphatic heterocycles. The topological polar surface area (TPSA) is 36.9 Å². The first-order valence-electron chi connectivity index (χ1n) is 12.0. The fourth-order valence-corrected chi connectivity index (χ4v) is 6.24. The fourth-order valence-electron chi connectivity index (χ4n) is 4.55. The van der Waals surface area contributed by atoms with E-state index in [0.29, 0.717) is 12.0 Å². The van der Waals surface area contributed by atoms with E-state index < -0.39 is 8.80 Å². The highest BCUT2D eigenvalue weighted by molar-refractivity contribution is 6.60. The van der Waals surface area contributed by atoms with Crippen LogP contribution in [0.3, 0.4) is 0 Å². The van der Waals surface area contributed by atoms with E-state index in [2.05, 4.69) is 31.2 Å². The molecule has 0 atom stereocenters. The van der Waals surface area contributed by atoms with Gasteiger partial charge in [-0.3, -0.25) is 0 Å². The summed E-state index contributed by atoms with van der Waals surface area (Å²) in [6.45, 7) is 3.03. The standard InChI is InChI=1S/C25H44O4Si/c1-5-6-7-8-9-11-22-12-14-23(15-13-22)24-16-18-25(19-17-24)29-20-10-21-30(26-2,27-3)28-4/h12-15,24-25H,5-11,16-21H2,1-4H3/t24-,25-. The summed E-state index contributed by atoms with van der Waals surface area (Å²) in [4.78, 5) is 0. The van der Waals surface area contributed by atoms with Crippen LogP contribution in [0.5, 0.6) is 0 Å². The van der Waals surface area contributed by atoms with E-state index in [-0.39, 0.29) is 0 Å².